The van der Waals surface area contributed by atoms with Gasteiger partial charge in [0.25, 0.3) is 5.91 Å². The van der Waals surface area contributed by atoms with Gasteiger partial charge in [-0.3, -0.25) is 4.79 Å². The summed E-state index contributed by atoms with van der Waals surface area (Å²) in [5.74, 6) is 1.16. The van der Waals surface area contributed by atoms with E-state index in [1.165, 1.54) is 0 Å². The Morgan fingerprint density at radius 1 is 1.24 bits per heavy atom. The molecule has 1 amide bonds. The molecular formula is C29H40N6O2. The van der Waals surface area contributed by atoms with Gasteiger partial charge in [-0.2, -0.15) is 4.98 Å². The number of amides is 1. The molecule has 1 aromatic carbocycles. The second-order valence-corrected chi connectivity index (χ2v) is 9.00. The highest BCUT2D eigenvalue weighted by Crippen LogP contribution is 2.24. The lowest BCUT2D eigenvalue weighted by molar-refractivity contribution is 0.0614. The first-order valence-electron chi connectivity index (χ1n) is 12.9. The highest BCUT2D eigenvalue weighted by Gasteiger charge is 2.27. The number of aromatic nitrogens is 2. The number of nitrogens with zero attached hydrogens (tertiary/aromatic N) is 4. The lowest BCUT2D eigenvalue weighted by Crippen LogP contribution is -2.33. The normalized spacial score (nSPS) is 15.0. The summed E-state index contributed by atoms with van der Waals surface area (Å²) in [6, 6.07) is 8.30. The van der Waals surface area contributed by atoms with E-state index < -0.39 is 0 Å². The molecule has 0 fully saturated rings. The predicted molar refractivity (Wildman–Crippen MR) is 151 cm³/mol. The van der Waals surface area contributed by atoms with Gasteiger partial charge in [-0.25, -0.2) is 4.98 Å². The topological polar surface area (TPSA) is 82.6 Å². The monoisotopic (exact) mass is 504 g/mol. The molecule has 1 aromatic heterocycles. The Labute approximate surface area is 221 Å². The van der Waals surface area contributed by atoms with Crippen molar-refractivity contribution in [3.8, 4) is 0 Å². The van der Waals surface area contributed by atoms with Crippen LogP contribution in [0.3, 0.4) is 0 Å². The molecular weight excluding hydrogens is 464 g/mol. The molecule has 2 aromatic rings. The van der Waals surface area contributed by atoms with E-state index in [2.05, 4.69) is 63.6 Å². The molecule has 2 N–H and O–H groups in total. The molecule has 1 atom stereocenters. The van der Waals surface area contributed by atoms with Crippen LogP contribution in [0, 0.1) is 0 Å². The smallest absolute Gasteiger partial charge is 0.259 e. The van der Waals surface area contributed by atoms with Crippen LogP contribution in [0.15, 0.2) is 66.9 Å². The summed E-state index contributed by atoms with van der Waals surface area (Å²) in [7, 11) is 3.91. The first-order valence-corrected chi connectivity index (χ1v) is 12.9. The average molecular weight is 505 g/mol. The molecule has 0 aliphatic carbocycles. The van der Waals surface area contributed by atoms with Crippen molar-refractivity contribution in [3.05, 3.63) is 83.6 Å². The quantitative estimate of drug-likeness (QED) is 0.396. The van der Waals surface area contributed by atoms with Crippen molar-refractivity contribution in [3.63, 3.8) is 0 Å². The van der Waals surface area contributed by atoms with Crippen molar-refractivity contribution in [2.45, 2.75) is 39.5 Å². The summed E-state index contributed by atoms with van der Waals surface area (Å²) in [4.78, 5) is 26.1. The predicted octanol–water partition coefficient (Wildman–Crippen LogP) is 4.18. The van der Waals surface area contributed by atoms with Gasteiger partial charge >= 0.3 is 0 Å². The fourth-order valence-electron chi connectivity index (χ4n) is 4.21. The van der Waals surface area contributed by atoms with Gasteiger partial charge in [0.1, 0.15) is 11.4 Å². The summed E-state index contributed by atoms with van der Waals surface area (Å²) in [5, 5.41) is 6.32. The van der Waals surface area contributed by atoms with Gasteiger partial charge in [-0.15, -0.1) is 0 Å². The van der Waals surface area contributed by atoms with Crippen molar-refractivity contribution in [1.82, 2.24) is 20.2 Å². The number of benzene rings is 1. The largest absolute Gasteiger partial charge is 0.369 e. The van der Waals surface area contributed by atoms with Gasteiger partial charge in [-0.1, -0.05) is 55.1 Å². The van der Waals surface area contributed by atoms with Crippen LogP contribution in [0.2, 0.25) is 0 Å². The number of nitrogens with one attached hydrogen (secondary N) is 2. The molecule has 0 radical (unpaired) electrons. The molecule has 37 heavy (non-hydrogen) atoms. The second kappa shape index (κ2) is 14.3. The number of allylic oxidation sites excluding steroid dienone is 3. The fourth-order valence-corrected chi connectivity index (χ4v) is 4.21. The fraction of sp³-hybridized carbons (Fsp3) is 0.414. The first-order chi connectivity index (χ1) is 18.0. The number of anilines is 2. The molecule has 0 bridgehead atoms. The Hall–Kier alpha value is -3.49. The van der Waals surface area contributed by atoms with Crippen LogP contribution in [0.1, 0.15) is 41.8 Å². The Morgan fingerprint density at radius 3 is 2.68 bits per heavy atom. The van der Waals surface area contributed by atoms with Crippen molar-refractivity contribution in [2.75, 3.05) is 50.5 Å². The number of hydrogen-bond acceptors (Lipinski definition) is 7. The zero-order valence-electron chi connectivity index (χ0n) is 22.5. The summed E-state index contributed by atoms with van der Waals surface area (Å²) >= 11 is 0. The lowest BCUT2D eigenvalue weighted by atomic mass is 10.1. The van der Waals surface area contributed by atoms with E-state index in [1.807, 2.05) is 43.8 Å². The molecule has 2 heterocycles. The van der Waals surface area contributed by atoms with Gasteiger partial charge in [-0.05, 0) is 50.6 Å². The van der Waals surface area contributed by atoms with E-state index in [4.69, 9.17) is 4.74 Å². The van der Waals surface area contributed by atoms with Gasteiger partial charge in [0.05, 0.1) is 12.7 Å². The summed E-state index contributed by atoms with van der Waals surface area (Å²) < 4.78 is 6.30. The van der Waals surface area contributed by atoms with E-state index in [0.717, 1.165) is 36.2 Å². The van der Waals surface area contributed by atoms with Crippen LogP contribution in [0.5, 0.6) is 0 Å². The number of likely N-dealkylation sites (N-methyl/N-ethyl adjacent to an activating group) is 1. The second-order valence-electron chi connectivity index (χ2n) is 9.00. The van der Waals surface area contributed by atoms with Crippen molar-refractivity contribution in [1.29, 1.82) is 0 Å². The summed E-state index contributed by atoms with van der Waals surface area (Å²) in [5.41, 5.74) is 3.84. The third-order valence-electron chi connectivity index (χ3n) is 6.32. The zero-order chi connectivity index (χ0) is 26.6. The molecule has 198 valence electrons. The minimum atomic E-state index is -0.0476. The van der Waals surface area contributed by atoms with E-state index in [9.17, 15) is 4.79 Å². The lowest BCUT2D eigenvalue weighted by Gasteiger charge is -2.21. The standard InChI is InChI=1S/C29H40N6O2/c1-6-9-10-24(7-2)26(15-16-30-4)37-21-23-13-11-22(12-14-23)20-35-18-17-34(5)27-25(28(35)36)19-32-29(33-27)31-8-3/h6-7,9-14,19,26,30H,1,8,15-18,20-21H2,2-5H3,(H,31,32,33)/b10-9-,24-7+. The number of ether oxygens (including phenoxy) is 1. The third kappa shape index (κ3) is 7.74. The third-order valence-corrected chi connectivity index (χ3v) is 6.32. The highest BCUT2D eigenvalue weighted by atomic mass is 16.5. The Kier molecular flexibility index (Phi) is 10.9. The number of carbonyl (C=O) groups excluding carboxylic acids is 1. The first kappa shape index (κ1) is 28.1. The highest BCUT2D eigenvalue weighted by molar-refractivity contribution is 5.99. The molecule has 3 rings (SSSR count). The molecule has 0 saturated carbocycles. The van der Waals surface area contributed by atoms with Crippen molar-refractivity contribution >= 4 is 17.7 Å². The van der Waals surface area contributed by atoms with Crippen LogP contribution < -0.4 is 15.5 Å². The molecule has 1 aliphatic rings. The minimum absolute atomic E-state index is 0.00429. The number of hydrogen-bond donors (Lipinski definition) is 2. The average Bonchev–Trinajstić information content (AvgIpc) is 3.03. The van der Waals surface area contributed by atoms with Crippen molar-refractivity contribution in [2.24, 2.45) is 0 Å². The molecule has 1 aliphatic heterocycles. The van der Waals surface area contributed by atoms with E-state index in [0.29, 0.717) is 43.6 Å². The molecule has 0 spiro atoms. The van der Waals surface area contributed by atoms with Crippen molar-refractivity contribution < 1.29 is 9.53 Å². The Morgan fingerprint density at radius 2 is 2.00 bits per heavy atom. The zero-order valence-corrected chi connectivity index (χ0v) is 22.5. The summed E-state index contributed by atoms with van der Waals surface area (Å²) in [6.45, 7) is 11.7. The van der Waals surface area contributed by atoms with Gasteiger partial charge < -0.3 is 25.2 Å². The minimum Gasteiger partial charge on any atom is -0.369 e. The van der Waals surface area contributed by atoms with E-state index >= 15 is 0 Å². The van der Waals surface area contributed by atoms with Crippen LogP contribution >= 0.6 is 0 Å². The van der Waals surface area contributed by atoms with Crippen LogP contribution in [-0.4, -0.2) is 67.2 Å². The van der Waals surface area contributed by atoms with Gasteiger partial charge in [0, 0.05) is 39.4 Å². The number of fused-ring (bicyclic) bond motifs is 1. The maximum absolute atomic E-state index is 13.3. The number of rotatable bonds is 13. The maximum atomic E-state index is 13.3. The Bertz CT molecular complexity index is 1100. The molecule has 8 nitrogen and oxygen atoms in total. The maximum Gasteiger partial charge on any atom is 0.259 e. The van der Waals surface area contributed by atoms with Crippen LogP contribution in [-0.2, 0) is 17.9 Å². The Balaban J connectivity index is 1.66. The van der Waals surface area contributed by atoms with Crippen LogP contribution in [0.4, 0.5) is 11.8 Å². The van der Waals surface area contributed by atoms with E-state index in [-0.39, 0.29) is 12.0 Å². The molecule has 1 unspecified atom stereocenters. The van der Waals surface area contributed by atoms with E-state index in [1.54, 1.807) is 12.3 Å². The number of carbonyl (C=O) groups is 1. The van der Waals surface area contributed by atoms with Gasteiger partial charge in [0.15, 0.2) is 0 Å². The SMILES string of the molecule is C=C/C=C\C(=C/C)C(CCNC)OCc1ccc(CN2CCN(C)c3nc(NCC)ncc3C2=O)cc1. The van der Waals surface area contributed by atoms with Gasteiger partial charge in [0.2, 0.25) is 5.95 Å². The van der Waals surface area contributed by atoms with Crippen LogP contribution in [0.25, 0.3) is 0 Å². The summed E-state index contributed by atoms with van der Waals surface area (Å²) in [6.07, 6.45) is 10.4. The molecule has 8 heteroatoms. The molecule has 0 saturated heterocycles.